The number of thioether (sulfide) groups is 1. The maximum atomic E-state index is 12.4. The number of hydrogen-bond acceptors (Lipinski definition) is 4. The van der Waals surface area contributed by atoms with Crippen molar-refractivity contribution in [3.05, 3.63) is 53.6 Å². The molecule has 1 N–H and O–H groups in total. The molecule has 0 saturated carbocycles. The Balaban J connectivity index is 1.47. The second-order valence-corrected chi connectivity index (χ2v) is 8.36. The van der Waals surface area contributed by atoms with Crippen LogP contribution in [0.4, 0.5) is 5.69 Å². The topological polar surface area (TPSA) is 47.6 Å². The van der Waals surface area contributed by atoms with Crippen molar-refractivity contribution < 1.29 is 14.3 Å². The monoisotopic (exact) mass is 399 g/mol. The highest BCUT2D eigenvalue weighted by atomic mass is 32.2. The molecule has 1 unspecified atom stereocenters. The van der Waals surface area contributed by atoms with Gasteiger partial charge in [0.1, 0.15) is 12.4 Å². The predicted octanol–water partition coefficient (Wildman–Crippen LogP) is 5.37. The Bertz CT molecular complexity index is 787. The summed E-state index contributed by atoms with van der Waals surface area (Å²) in [4.78, 5) is 13.6. The van der Waals surface area contributed by atoms with Crippen molar-refractivity contribution in [2.45, 2.75) is 50.5 Å². The summed E-state index contributed by atoms with van der Waals surface area (Å²) < 4.78 is 11.6. The number of aryl methyl sites for hydroxylation is 2. The van der Waals surface area contributed by atoms with E-state index in [1.54, 1.807) is 11.8 Å². The molecule has 2 aromatic rings. The van der Waals surface area contributed by atoms with Crippen LogP contribution in [0, 0.1) is 13.8 Å². The molecule has 0 bridgehead atoms. The van der Waals surface area contributed by atoms with Crippen molar-refractivity contribution in [1.82, 2.24) is 0 Å². The van der Waals surface area contributed by atoms with E-state index in [-0.39, 0.29) is 12.0 Å². The minimum absolute atomic E-state index is 0.00120. The molecule has 1 amide bonds. The lowest BCUT2D eigenvalue weighted by Crippen LogP contribution is -2.26. The van der Waals surface area contributed by atoms with E-state index in [9.17, 15) is 4.79 Å². The molecular formula is C23H29NO3S. The van der Waals surface area contributed by atoms with Gasteiger partial charge in [-0.3, -0.25) is 4.79 Å². The van der Waals surface area contributed by atoms with Crippen LogP contribution < -0.4 is 10.1 Å². The van der Waals surface area contributed by atoms with E-state index >= 15 is 0 Å². The zero-order valence-corrected chi connectivity index (χ0v) is 17.5. The largest absolute Gasteiger partial charge is 0.489 e. The van der Waals surface area contributed by atoms with Gasteiger partial charge in [-0.15, -0.1) is 11.8 Å². The van der Waals surface area contributed by atoms with Crippen molar-refractivity contribution in [1.29, 1.82) is 0 Å². The van der Waals surface area contributed by atoms with Crippen molar-refractivity contribution in [2.24, 2.45) is 0 Å². The summed E-state index contributed by atoms with van der Waals surface area (Å²) in [7, 11) is 0. The van der Waals surface area contributed by atoms with Gasteiger partial charge in [0.05, 0.1) is 11.8 Å². The fraction of sp³-hybridized carbons (Fsp3) is 0.435. The van der Waals surface area contributed by atoms with Crippen LogP contribution in [-0.4, -0.2) is 31.0 Å². The molecule has 28 heavy (non-hydrogen) atoms. The molecule has 1 saturated heterocycles. The number of carbonyl (C=O) groups is 1. The summed E-state index contributed by atoms with van der Waals surface area (Å²) in [5.74, 6) is 1.45. The van der Waals surface area contributed by atoms with Crippen molar-refractivity contribution in [2.75, 3.05) is 24.3 Å². The number of rotatable bonds is 8. The highest BCUT2D eigenvalue weighted by Gasteiger charge is 2.15. The summed E-state index contributed by atoms with van der Waals surface area (Å²) in [5.41, 5.74) is 3.29. The standard InChI is InChI=1S/C23H29NO3S/c1-17-10-11-20(15-18(17)2)28-14-12-23(25)24-21-8-3-4-9-22(21)27-16-19-7-5-6-13-26-19/h3-4,8-11,15,19H,5-7,12-14,16H2,1-2H3,(H,24,25). The highest BCUT2D eigenvalue weighted by Crippen LogP contribution is 2.26. The zero-order valence-electron chi connectivity index (χ0n) is 16.7. The first-order valence-electron chi connectivity index (χ1n) is 9.95. The van der Waals surface area contributed by atoms with Crippen LogP contribution in [0.1, 0.15) is 36.8 Å². The van der Waals surface area contributed by atoms with Crippen LogP contribution >= 0.6 is 11.8 Å². The van der Waals surface area contributed by atoms with Crippen LogP contribution in [-0.2, 0) is 9.53 Å². The van der Waals surface area contributed by atoms with Gasteiger partial charge in [-0.25, -0.2) is 0 Å². The number of hydrogen-bond donors (Lipinski definition) is 1. The molecule has 2 aromatic carbocycles. The summed E-state index contributed by atoms with van der Waals surface area (Å²) >= 11 is 1.71. The third-order valence-electron chi connectivity index (χ3n) is 4.94. The summed E-state index contributed by atoms with van der Waals surface area (Å²) in [6, 6.07) is 14.0. The Morgan fingerprint density at radius 3 is 2.82 bits per heavy atom. The second-order valence-electron chi connectivity index (χ2n) is 7.19. The van der Waals surface area contributed by atoms with Crippen molar-refractivity contribution in [3.8, 4) is 5.75 Å². The quantitative estimate of drug-likeness (QED) is 0.606. The second kappa shape index (κ2) is 10.5. The number of para-hydroxylation sites is 2. The fourth-order valence-electron chi connectivity index (χ4n) is 3.10. The van der Waals surface area contributed by atoms with Crippen LogP contribution in [0.5, 0.6) is 5.75 Å². The van der Waals surface area contributed by atoms with Gasteiger partial charge < -0.3 is 14.8 Å². The Morgan fingerprint density at radius 2 is 2.04 bits per heavy atom. The summed E-state index contributed by atoms with van der Waals surface area (Å²) in [6.45, 7) is 5.55. The zero-order chi connectivity index (χ0) is 19.8. The van der Waals surface area contributed by atoms with Gasteiger partial charge in [-0.1, -0.05) is 18.2 Å². The third kappa shape index (κ3) is 6.28. The predicted molar refractivity (Wildman–Crippen MR) is 115 cm³/mol. The van der Waals surface area contributed by atoms with Gasteiger partial charge in [-0.2, -0.15) is 0 Å². The minimum atomic E-state index is 0.00120. The molecule has 1 atom stereocenters. The molecule has 150 valence electrons. The lowest BCUT2D eigenvalue weighted by Gasteiger charge is -2.23. The van der Waals surface area contributed by atoms with E-state index in [4.69, 9.17) is 9.47 Å². The molecule has 3 rings (SSSR count). The maximum Gasteiger partial charge on any atom is 0.225 e. The number of carbonyl (C=O) groups excluding carboxylic acids is 1. The summed E-state index contributed by atoms with van der Waals surface area (Å²) in [6.07, 6.45) is 3.95. The molecule has 0 radical (unpaired) electrons. The fourth-order valence-corrected chi connectivity index (χ4v) is 4.04. The molecule has 5 heteroatoms. The van der Waals surface area contributed by atoms with Crippen molar-refractivity contribution >= 4 is 23.4 Å². The SMILES string of the molecule is Cc1ccc(SCCC(=O)Nc2ccccc2OCC2CCCCO2)cc1C. The van der Waals surface area contributed by atoms with Crippen LogP contribution in [0.25, 0.3) is 0 Å². The first-order valence-corrected chi connectivity index (χ1v) is 10.9. The first-order chi connectivity index (χ1) is 13.6. The van der Waals surface area contributed by atoms with Gasteiger partial charge >= 0.3 is 0 Å². The van der Waals surface area contributed by atoms with Crippen LogP contribution in [0.2, 0.25) is 0 Å². The van der Waals surface area contributed by atoms with E-state index in [0.717, 1.165) is 30.9 Å². The molecule has 1 heterocycles. The number of amides is 1. The van der Waals surface area contributed by atoms with E-state index in [1.165, 1.54) is 22.4 Å². The molecule has 4 nitrogen and oxygen atoms in total. The van der Waals surface area contributed by atoms with E-state index in [2.05, 4.69) is 37.4 Å². The number of nitrogens with one attached hydrogen (secondary N) is 1. The molecule has 0 aromatic heterocycles. The first kappa shape index (κ1) is 20.7. The molecule has 1 fully saturated rings. The van der Waals surface area contributed by atoms with Crippen molar-refractivity contribution in [3.63, 3.8) is 0 Å². The average molecular weight is 400 g/mol. The molecular weight excluding hydrogens is 370 g/mol. The number of ether oxygens (including phenoxy) is 2. The lowest BCUT2D eigenvalue weighted by molar-refractivity contribution is -0.115. The van der Waals surface area contributed by atoms with Gasteiger partial charge in [-0.05, 0) is 68.5 Å². The normalized spacial score (nSPS) is 16.6. The minimum Gasteiger partial charge on any atom is -0.489 e. The number of anilines is 1. The Morgan fingerprint density at radius 1 is 1.18 bits per heavy atom. The maximum absolute atomic E-state index is 12.4. The van der Waals surface area contributed by atoms with Gasteiger partial charge in [0.25, 0.3) is 0 Å². The third-order valence-corrected chi connectivity index (χ3v) is 5.93. The Hall–Kier alpha value is -1.98. The van der Waals surface area contributed by atoms with E-state index in [1.807, 2.05) is 24.3 Å². The van der Waals surface area contributed by atoms with E-state index < -0.39 is 0 Å². The van der Waals surface area contributed by atoms with Gasteiger partial charge in [0.15, 0.2) is 0 Å². The number of benzene rings is 2. The molecule has 0 aliphatic carbocycles. The van der Waals surface area contributed by atoms with E-state index in [0.29, 0.717) is 18.8 Å². The van der Waals surface area contributed by atoms with Gasteiger partial charge in [0, 0.05) is 23.7 Å². The average Bonchev–Trinajstić information content (AvgIpc) is 2.71. The Labute approximate surface area is 172 Å². The van der Waals surface area contributed by atoms with Crippen LogP contribution in [0.15, 0.2) is 47.4 Å². The van der Waals surface area contributed by atoms with Gasteiger partial charge in [0.2, 0.25) is 5.91 Å². The lowest BCUT2D eigenvalue weighted by atomic mass is 10.1. The van der Waals surface area contributed by atoms with Crippen LogP contribution in [0.3, 0.4) is 0 Å². The molecule has 1 aliphatic rings. The Kier molecular flexibility index (Phi) is 7.80. The summed E-state index contributed by atoms with van der Waals surface area (Å²) in [5, 5.41) is 2.99. The molecule has 0 spiro atoms. The molecule has 1 aliphatic heterocycles. The smallest absolute Gasteiger partial charge is 0.225 e. The highest BCUT2D eigenvalue weighted by molar-refractivity contribution is 7.99.